The van der Waals surface area contributed by atoms with Gasteiger partial charge in [-0.15, -0.1) is 0 Å². The molecular formula is C17H22N2O4. The molecule has 1 aromatic rings. The van der Waals surface area contributed by atoms with Gasteiger partial charge >= 0.3 is 5.97 Å². The Labute approximate surface area is 135 Å². The lowest BCUT2D eigenvalue weighted by Gasteiger charge is -2.21. The third kappa shape index (κ3) is 3.88. The SMILES string of the molecule is Cc1cc(C)cc(N2CCC(C(=O)N(C)CCC(=O)O)C2=O)c1. The molecule has 1 atom stereocenters. The van der Waals surface area contributed by atoms with Crippen molar-refractivity contribution in [2.75, 3.05) is 25.0 Å². The summed E-state index contributed by atoms with van der Waals surface area (Å²) >= 11 is 0. The minimum atomic E-state index is -0.959. The van der Waals surface area contributed by atoms with Crippen LogP contribution in [-0.4, -0.2) is 47.9 Å². The molecule has 1 aromatic carbocycles. The molecule has 1 saturated heterocycles. The highest BCUT2D eigenvalue weighted by Gasteiger charge is 2.39. The molecule has 2 amide bonds. The summed E-state index contributed by atoms with van der Waals surface area (Å²) in [6.45, 7) is 4.56. The quantitative estimate of drug-likeness (QED) is 0.836. The Morgan fingerprint density at radius 3 is 2.43 bits per heavy atom. The van der Waals surface area contributed by atoms with E-state index >= 15 is 0 Å². The Bertz CT molecular complexity index is 621. The number of carbonyl (C=O) groups excluding carboxylic acids is 2. The van der Waals surface area contributed by atoms with Crippen molar-refractivity contribution in [2.45, 2.75) is 26.7 Å². The molecule has 124 valence electrons. The summed E-state index contributed by atoms with van der Waals surface area (Å²) < 4.78 is 0. The number of carboxylic acid groups (broad SMARTS) is 1. The van der Waals surface area contributed by atoms with Gasteiger partial charge in [-0.05, 0) is 43.5 Å². The number of nitrogens with zero attached hydrogens (tertiary/aromatic N) is 2. The Hall–Kier alpha value is -2.37. The van der Waals surface area contributed by atoms with E-state index in [1.54, 1.807) is 4.90 Å². The van der Waals surface area contributed by atoms with E-state index in [1.807, 2.05) is 32.0 Å². The first-order chi connectivity index (χ1) is 10.8. The summed E-state index contributed by atoms with van der Waals surface area (Å²) in [7, 11) is 1.54. The molecule has 23 heavy (non-hydrogen) atoms. The summed E-state index contributed by atoms with van der Waals surface area (Å²) in [5, 5.41) is 8.69. The lowest BCUT2D eigenvalue weighted by atomic mass is 10.1. The molecule has 0 radical (unpaired) electrons. The van der Waals surface area contributed by atoms with Gasteiger partial charge in [0.1, 0.15) is 5.92 Å². The van der Waals surface area contributed by atoms with E-state index in [1.165, 1.54) is 11.9 Å². The van der Waals surface area contributed by atoms with Crippen LogP contribution in [0.15, 0.2) is 18.2 Å². The third-order valence-electron chi connectivity index (χ3n) is 4.06. The first kappa shape index (κ1) is 17.0. The molecule has 0 aromatic heterocycles. The summed E-state index contributed by atoms with van der Waals surface area (Å²) in [5.41, 5.74) is 2.96. The van der Waals surface area contributed by atoms with Crippen LogP contribution in [0.25, 0.3) is 0 Å². The minimum absolute atomic E-state index is 0.113. The Morgan fingerprint density at radius 1 is 1.26 bits per heavy atom. The van der Waals surface area contributed by atoms with Gasteiger partial charge in [0.05, 0.1) is 6.42 Å². The van der Waals surface area contributed by atoms with Crippen molar-refractivity contribution >= 4 is 23.5 Å². The molecule has 1 aliphatic heterocycles. The number of benzene rings is 1. The van der Waals surface area contributed by atoms with Crippen molar-refractivity contribution in [1.29, 1.82) is 0 Å². The number of amides is 2. The second kappa shape index (κ2) is 6.81. The van der Waals surface area contributed by atoms with Crippen molar-refractivity contribution < 1.29 is 19.5 Å². The van der Waals surface area contributed by atoms with Crippen LogP contribution >= 0.6 is 0 Å². The predicted molar refractivity (Wildman–Crippen MR) is 86.3 cm³/mol. The lowest BCUT2D eigenvalue weighted by Crippen LogP contribution is -2.39. The van der Waals surface area contributed by atoms with E-state index in [-0.39, 0.29) is 24.8 Å². The highest BCUT2D eigenvalue weighted by Crippen LogP contribution is 2.28. The molecule has 1 aliphatic rings. The van der Waals surface area contributed by atoms with E-state index < -0.39 is 11.9 Å². The summed E-state index contributed by atoms with van der Waals surface area (Å²) in [4.78, 5) is 38.5. The zero-order valence-corrected chi connectivity index (χ0v) is 13.7. The fourth-order valence-corrected chi connectivity index (χ4v) is 2.91. The van der Waals surface area contributed by atoms with Crippen LogP contribution < -0.4 is 4.90 Å². The smallest absolute Gasteiger partial charge is 0.305 e. The average molecular weight is 318 g/mol. The van der Waals surface area contributed by atoms with Gasteiger partial charge in [0.2, 0.25) is 11.8 Å². The normalized spacial score (nSPS) is 17.4. The summed E-state index contributed by atoms with van der Waals surface area (Å²) in [6, 6.07) is 5.91. The van der Waals surface area contributed by atoms with Gasteiger partial charge in [0.25, 0.3) is 0 Å². The van der Waals surface area contributed by atoms with Gasteiger partial charge in [-0.1, -0.05) is 6.07 Å². The maximum absolute atomic E-state index is 12.6. The molecule has 6 nitrogen and oxygen atoms in total. The molecule has 1 heterocycles. The Kier molecular flexibility index (Phi) is 5.03. The highest BCUT2D eigenvalue weighted by molar-refractivity contribution is 6.09. The molecule has 1 unspecified atom stereocenters. The molecule has 1 N–H and O–H groups in total. The molecule has 0 bridgehead atoms. The average Bonchev–Trinajstić information content (AvgIpc) is 2.84. The van der Waals surface area contributed by atoms with Crippen LogP contribution in [0.4, 0.5) is 5.69 Å². The van der Waals surface area contributed by atoms with Crippen molar-refractivity contribution in [3.05, 3.63) is 29.3 Å². The molecule has 6 heteroatoms. The van der Waals surface area contributed by atoms with E-state index in [2.05, 4.69) is 0 Å². The zero-order valence-electron chi connectivity index (χ0n) is 13.7. The molecule has 1 fully saturated rings. The highest BCUT2D eigenvalue weighted by atomic mass is 16.4. The number of hydrogen-bond donors (Lipinski definition) is 1. The summed E-state index contributed by atoms with van der Waals surface area (Å²) in [5.74, 6) is -2.18. The first-order valence-corrected chi connectivity index (χ1v) is 7.66. The van der Waals surface area contributed by atoms with Gasteiger partial charge in [0.15, 0.2) is 0 Å². The van der Waals surface area contributed by atoms with Gasteiger partial charge < -0.3 is 14.9 Å². The molecule has 2 rings (SSSR count). The van der Waals surface area contributed by atoms with Crippen LogP contribution in [-0.2, 0) is 14.4 Å². The second-order valence-electron chi connectivity index (χ2n) is 6.08. The number of hydrogen-bond acceptors (Lipinski definition) is 3. The first-order valence-electron chi connectivity index (χ1n) is 7.66. The van der Waals surface area contributed by atoms with Gasteiger partial charge in [-0.25, -0.2) is 0 Å². The van der Waals surface area contributed by atoms with Gasteiger partial charge in [-0.2, -0.15) is 0 Å². The fourth-order valence-electron chi connectivity index (χ4n) is 2.91. The standard InChI is InChI=1S/C17H22N2O4/c1-11-8-12(2)10-13(9-11)19-7-4-14(17(19)23)16(22)18(3)6-5-15(20)21/h8-10,14H,4-7H2,1-3H3,(H,20,21). The van der Waals surface area contributed by atoms with Crippen LogP contribution in [0.3, 0.4) is 0 Å². The Morgan fingerprint density at radius 2 is 1.87 bits per heavy atom. The minimum Gasteiger partial charge on any atom is -0.481 e. The van der Waals surface area contributed by atoms with Crippen LogP contribution in [0.2, 0.25) is 0 Å². The van der Waals surface area contributed by atoms with Crippen molar-refractivity contribution in [3.63, 3.8) is 0 Å². The maximum Gasteiger partial charge on any atom is 0.305 e. The largest absolute Gasteiger partial charge is 0.481 e. The van der Waals surface area contributed by atoms with Crippen molar-refractivity contribution in [1.82, 2.24) is 4.90 Å². The molecule has 0 aliphatic carbocycles. The maximum atomic E-state index is 12.6. The van der Waals surface area contributed by atoms with Crippen molar-refractivity contribution in [3.8, 4) is 0 Å². The monoisotopic (exact) mass is 318 g/mol. The Balaban J connectivity index is 2.09. The second-order valence-corrected chi connectivity index (χ2v) is 6.08. The number of rotatable bonds is 5. The molecule has 0 saturated carbocycles. The topological polar surface area (TPSA) is 77.9 Å². The number of carbonyl (C=O) groups is 3. The van der Waals surface area contributed by atoms with Crippen LogP contribution in [0, 0.1) is 19.8 Å². The van der Waals surface area contributed by atoms with Crippen LogP contribution in [0.1, 0.15) is 24.0 Å². The van der Waals surface area contributed by atoms with Gasteiger partial charge in [0, 0.05) is 25.8 Å². The summed E-state index contributed by atoms with van der Waals surface area (Å²) in [6.07, 6.45) is 0.339. The third-order valence-corrected chi connectivity index (χ3v) is 4.06. The lowest BCUT2D eigenvalue weighted by molar-refractivity contribution is -0.140. The fraction of sp³-hybridized carbons (Fsp3) is 0.471. The van der Waals surface area contributed by atoms with E-state index in [0.717, 1.165) is 16.8 Å². The zero-order chi connectivity index (χ0) is 17.1. The molecular weight excluding hydrogens is 296 g/mol. The number of anilines is 1. The number of carboxylic acids is 1. The van der Waals surface area contributed by atoms with E-state index in [9.17, 15) is 14.4 Å². The van der Waals surface area contributed by atoms with Crippen LogP contribution in [0.5, 0.6) is 0 Å². The van der Waals surface area contributed by atoms with E-state index in [4.69, 9.17) is 5.11 Å². The number of aryl methyl sites for hydroxylation is 2. The van der Waals surface area contributed by atoms with Crippen molar-refractivity contribution in [2.24, 2.45) is 5.92 Å². The number of aliphatic carboxylic acids is 1. The predicted octanol–water partition coefficient (Wildman–Crippen LogP) is 1.59. The van der Waals surface area contributed by atoms with E-state index in [0.29, 0.717) is 13.0 Å². The molecule has 0 spiro atoms. The van der Waals surface area contributed by atoms with Gasteiger partial charge in [-0.3, -0.25) is 14.4 Å².